The van der Waals surface area contributed by atoms with Crippen LogP contribution in [0.25, 0.3) is 0 Å². The van der Waals surface area contributed by atoms with E-state index in [1.807, 2.05) is 6.92 Å². The van der Waals surface area contributed by atoms with E-state index >= 15 is 0 Å². The molecule has 1 unspecified atom stereocenters. The van der Waals surface area contributed by atoms with Gasteiger partial charge in [-0.1, -0.05) is 17.7 Å². The van der Waals surface area contributed by atoms with E-state index in [2.05, 4.69) is 0 Å². The van der Waals surface area contributed by atoms with Gasteiger partial charge in [0.2, 0.25) is 15.9 Å². The van der Waals surface area contributed by atoms with Gasteiger partial charge in [-0.05, 0) is 33.0 Å². The minimum Gasteiger partial charge on any atom is -0.481 e. The number of piperazine rings is 1. The normalized spacial score (nSPS) is 17.1. The van der Waals surface area contributed by atoms with Gasteiger partial charge in [0, 0.05) is 32.7 Å². The zero-order valence-corrected chi connectivity index (χ0v) is 16.8. The highest BCUT2D eigenvalue weighted by molar-refractivity contribution is 7.89. The van der Waals surface area contributed by atoms with Crippen LogP contribution in [0.15, 0.2) is 29.2 Å². The zero-order valence-electron chi connectivity index (χ0n) is 16.0. The number of likely N-dealkylation sites (N-methyl/N-ethyl adjacent to an activating group) is 1. The molecule has 0 spiro atoms. The van der Waals surface area contributed by atoms with Crippen LogP contribution in [0.2, 0.25) is 0 Å². The minimum absolute atomic E-state index is 0.0311. The van der Waals surface area contributed by atoms with Crippen LogP contribution in [0, 0.1) is 6.92 Å². The first kappa shape index (κ1) is 21.3. The molecule has 0 saturated carbocycles. The topological polar surface area (TPSA) is 98.2 Å². The van der Waals surface area contributed by atoms with Gasteiger partial charge in [0.25, 0.3) is 0 Å². The molecule has 1 N–H and O–H groups in total. The van der Waals surface area contributed by atoms with Crippen molar-refractivity contribution in [2.75, 3.05) is 39.8 Å². The van der Waals surface area contributed by atoms with E-state index < -0.39 is 22.0 Å². The van der Waals surface area contributed by atoms with Crippen molar-refractivity contribution in [1.82, 2.24) is 14.1 Å². The summed E-state index contributed by atoms with van der Waals surface area (Å²) in [6.07, 6.45) is -0.0311. The van der Waals surface area contributed by atoms with Gasteiger partial charge in [0.05, 0.1) is 17.4 Å². The number of aryl methyl sites for hydroxylation is 1. The monoisotopic (exact) mass is 397 g/mol. The average Bonchev–Trinajstić information content (AvgIpc) is 2.65. The van der Waals surface area contributed by atoms with Crippen molar-refractivity contribution in [3.05, 3.63) is 29.8 Å². The highest BCUT2D eigenvalue weighted by atomic mass is 32.2. The van der Waals surface area contributed by atoms with E-state index in [1.54, 1.807) is 48.0 Å². The molecule has 1 saturated heterocycles. The second-order valence-corrected chi connectivity index (χ2v) is 8.78. The molecular weight excluding hydrogens is 370 g/mol. The molecule has 1 aliphatic heterocycles. The maximum atomic E-state index is 12.7. The fourth-order valence-corrected chi connectivity index (χ4v) is 4.35. The Kier molecular flexibility index (Phi) is 6.96. The number of aliphatic carboxylic acids is 1. The molecule has 1 atom stereocenters. The Morgan fingerprint density at radius 3 is 2.22 bits per heavy atom. The van der Waals surface area contributed by atoms with Gasteiger partial charge in [-0.25, -0.2) is 8.42 Å². The molecule has 1 aromatic rings. The molecule has 150 valence electrons. The van der Waals surface area contributed by atoms with Gasteiger partial charge in [-0.15, -0.1) is 0 Å². The summed E-state index contributed by atoms with van der Waals surface area (Å²) < 4.78 is 26.9. The van der Waals surface area contributed by atoms with Crippen LogP contribution in [0.3, 0.4) is 0 Å². The summed E-state index contributed by atoms with van der Waals surface area (Å²) in [5.74, 6) is -1.02. The molecule has 0 aromatic heterocycles. The summed E-state index contributed by atoms with van der Waals surface area (Å²) in [5, 5.41) is 8.76. The Balaban J connectivity index is 1.95. The Hall–Kier alpha value is -1.97. The molecule has 8 nitrogen and oxygen atoms in total. The molecule has 0 bridgehead atoms. The van der Waals surface area contributed by atoms with E-state index in [9.17, 15) is 18.0 Å². The minimum atomic E-state index is -3.56. The van der Waals surface area contributed by atoms with Crippen LogP contribution in [-0.2, 0) is 19.6 Å². The van der Waals surface area contributed by atoms with Crippen LogP contribution in [-0.4, -0.2) is 85.3 Å². The number of rotatable bonds is 7. The Labute approximate surface area is 160 Å². The fraction of sp³-hybridized carbons (Fsp3) is 0.556. The van der Waals surface area contributed by atoms with Gasteiger partial charge >= 0.3 is 5.97 Å². The first-order valence-corrected chi connectivity index (χ1v) is 10.3. The lowest BCUT2D eigenvalue weighted by Crippen LogP contribution is -2.54. The predicted molar refractivity (Wildman–Crippen MR) is 101 cm³/mol. The molecule has 2 rings (SSSR count). The largest absolute Gasteiger partial charge is 0.481 e. The third-order valence-electron chi connectivity index (χ3n) is 4.91. The van der Waals surface area contributed by atoms with Gasteiger partial charge in [0.1, 0.15) is 0 Å². The number of hydrogen-bond acceptors (Lipinski definition) is 5. The molecule has 1 aliphatic rings. The highest BCUT2D eigenvalue weighted by Crippen LogP contribution is 2.18. The van der Waals surface area contributed by atoms with E-state index in [0.717, 1.165) is 5.56 Å². The van der Waals surface area contributed by atoms with E-state index in [-0.39, 0.29) is 36.9 Å². The van der Waals surface area contributed by atoms with Gasteiger partial charge in [0.15, 0.2) is 0 Å². The van der Waals surface area contributed by atoms with E-state index in [0.29, 0.717) is 13.1 Å². The summed E-state index contributed by atoms with van der Waals surface area (Å²) in [4.78, 5) is 26.9. The standard InChI is InChI=1S/C18H27N3O5S/c1-14-4-6-16(7-5-14)27(25,26)21-12-10-20(11-13-21)18(24)15(2)19(3)9-8-17(22)23/h4-7,15H,8-13H2,1-3H3,(H,22,23). The van der Waals surface area contributed by atoms with Crippen molar-refractivity contribution in [3.63, 3.8) is 0 Å². The van der Waals surface area contributed by atoms with E-state index in [1.165, 1.54) is 4.31 Å². The highest BCUT2D eigenvalue weighted by Gasteiger charge is 2.32. The zero-order chi connectivity index (χ0) is 20.2. The number of benzene rings is 1. The quantitative estimate of drug-likeness (QED) is 0.724. The smallest absolute Gasteiger partial charge is 0.304 e. The number of amides is 1. The van der Waals surface area contributed by atoms with Crippen molar-refractivity contribution in [3.8, 4) is 0 Å². The van der Waals surface area contributed by atoms with Crippen molar-refractivity contribution in [1.29, 1.82) is 0 Å². The number of hydrogen-bond donors (Lipinski definition) is 1. The van der Waals surface area contributed by atoms with Crippen LogP contribution >= 0.6 is 0 Å². The van der Waals surface area contributed by atoms with Crippen LogP contribution in [0.1, 0.15) is 18.9 Å². The van der Waals surface area contributed by atoms with Crippen LogP contribution in [0.5, 0.6) is 0 Å². The summed E-state index contributed by atoms with van der Waals surface area (Å²) in [7, 11) is -1.85. The third-order valence-corrected chi connectivity index (χ3v) is 6.82. The average molecular weight is 397 g/mol. The van der Waals surface area contributed by atoms with Crippen molar-refractivity contribution < 1.29 is 23.1 Å². The van der Waals surface area contributed by atoms with Crippen molar-refractivity contribution >= 4 is 21.9 Å². The Bertz CT molecular complexity index is 771. The summed E-state index contributed by atoms with van der Waals surface area (Å²) >= 11 is 0. The number of sulfonamides is 1. The fourth-order valence-electron chi connectivity index (χ4n) is 2.93. The molecule has 1 fully saturated rings. The molecule has 0 radical (unpaired) electrons. The van der Waals surface area contributed by atoms with Crippen LogP contribution in [0.4, 0.5) is 0 Å². The Morgan fingerprint density at radius 2 is 1.70 bits per heavy atom. The first-order valence-electron chi connectivity index (χ1n) is 8.90. The number of carbonyl (C=O) groups is 2. The van der Waals surface area contributed by atoms with Gasteiger partial charge in [-0.2, -0.15) is 4.31 Å². The third kappa shape index (κ3) is 5.27. The number of carboxylic acids is 1. The van der Waals surface area contributed by atoms with Crippen LogP contribution < -0.4 is 0 Å². The van der Waals surface area contributed by atoms with Crippen molar-refractivity contribution in [2.45, 2.75) is 31.2 Å². The molecule has 1 aromatic carbocycles. The lowest BCUT2D eigenvalue weighted by molar-refractivity contribution is -0.140. The summed E-state index contributed by atoms with van der Waals surface area (Å²) in [6, 6.07) is 6.27. The second-order valence-electron chi connectivity index (χ2n) is 6.84. The Morgan fingerprint density at radius 1 is 1.15 bits per heavy atom. The maximum Gasteiger partial charge on any atom is 0.304 e. The molecule has 9 heteroatoms. The maximum absolute atomic E-state index is 12.7. The predicted octanol–water partition coefficient (Wildman–Crippen LogP) is 0.623. The molecule has 1 amide bonds. The molecule has 27 heavy (non-hydrogen) atoms. The molecule has 1 heterocycles. The number of carbonyl (C=O) groups excluding carboxylic acids is 1. The molecular formula is C18H27N3O5S. The lowest BCUT2D eigenvalue weighted by Gasteiger charge is -2.36. The van der Waals surface area contributed by atoms with Crippen molar-refractivity contribution in [2.24, 2.45) is 0 Å². The first-order chi connectivity index (χ1) is 12.6. The second kappa shape index (κ2) is 8.81. The SMILES string of the molecule is Cc1ccc(S(=O)(=O)N2CCN(C(=O)C(C)N(C)CCC(=O)O)CC2)cc1. The lowest BCUT2D eigenvalue weighted by atomic mass is 10.2. The van der Waals surface area contributed by atoms with Gasteiger partial charge in [-0.3, -0.25) is 14.5 Å². The molecule has 0 aliphatic carbocycles. The van der Waals surface area contributed by atoms with E-state index in [4.69, 9.17) is 5.11 Å². The number of carboxylic acid groups (broad SMARTS) is 1. The summed E-state index contributed by atoms with van der Waals surface area (Å²) in [5.41, 5.74) is 0.991. The summed E-state index contributed by atoms with van der Waals surface area (Å²) in [6.45, 7) is 5.04. The van der Waals surface area contributed by atoms with Gasteiger partial charge < -0.3 is 10.0 Å². The number of nitrogens with zero attached hydrogens (tertiary/aromatic N) is 3.